The van der Waals surface area contributed by atoms with Crippen LogP contribution in [0.5, 0.6) is 11.6 Å². The third-order valence-electron chi connectivity index (χ3n) is 10.2. The summed E-state index contributed by atoms with van der Waals surface area (Å²) in [5.41, 5.74) is 9.55. The Labute approximate surface area is 292 Å². The number of halogens is 2. The molecule has 4 aromatic rings. The lowest BCUT2D eigenvalue weighted by molar-refractivity contribution is 0.157. The first-order valence-electron chi connectivity index (χ1n) is 17.0. The molecule has 0 spiro atoms. The van der Waals surface area contributed by atoms with Gasteiger partial charge in [0.15, 0.2) is 17.0 Å². The van der Waals surface area contributed by atoms with Gasteiger partial charge in [0.2, 0.25) is 5.88 Å². The van der Waals surface area contributed by atoms with Gasteiger partial charge < -0.3 is 34.9 Å². The van der Waals surface area contributed by atoms with Crippen LogP contribution in [-0.2, 0) is 13.1 Å². The third kappa shape index (κ3) is 6.99. The van der Waals surface area contributed by atoms with Gasteiger partial charge in [-0.2, -0.15) is 0 Å². The second kappa shape index (κ2) is 14.8. The molecule has 11 nitrogen and oxygen atoms in total. The van der Waals surface area contributed by atoms with Crippen LogP contribution in [0.3, 0.4) is 0 Å². The molecule has 0 saturated carbocycles. The maximum Gasteiger partial charge on any atom is 0.213 e. The molecule has 13 heteroatoms. The van der Waals surface area contributed by atoms with Crippen LogP contribution < -0.4 is 35.8 Å². The molecule has 7 rings (SSSR count). The predicted molar refractivity (Wildman–Crippen MR) is 194 cm³/mol. The predicted octanol–water partition coefficient (Wildman–Crippen LogP) is 4.76. The molecule has 0 aliphatic carbocycles. The summed E-state index contributed by atoms with van der Waals surface area (Å²) >= 11 is 0. The lowest BCUT2D eigenvalue weighted by atomic mass is 10.00. The van der Waals surface area contributed by atoms with E-state index in [0.29, 0.717) is 65.8 Å². The van der Waals surface area contributed by atoms with E-state index in [1.165, 1.54) is 6.07 Å². The van der Waals surface area contributed by atoms with Crippen LogP contribution in [0.4, 0.5) is 21.6 Å². The van der Waals surface area contributed by atoms with Crippen molar-refractivity contribution in [1.29, 1.82) is 0 Å². The van der Waals surface area contributed by atoms with Crippen molar-refractivity contribution < 1.29 is 13.9 Å². The molecule has 3 aliphatic rings. The number of benzene rings is 1. The summed E-state index contributed by atoms with van der Waals surface area (Å²) in [6, 6.07) is 9.59. The number of nitrogens with zero attached hydrogens (tertiary/aromatic N) is 6. The Balaban J connectivity index is 0.00000417. The van der Waals surface area contributed by atoms with Crippen molar-refractivity contribution in [2.75, 3.05) is 62.5 Å². The summed E-state index contributed by atoms with van der Waals surface area (Å²) in [4.78, 5) is 29.7. The van der Waals surface area contributed by atoms with Crippen molar-refractivity contribution in [3.05, 3.63) is 76.1 Å². The van der Waals surface area contributed by atoms with Gasteiger partial charge >= 0.3 is 0 Å². The first kappa shape index (κ1) is 34.7. The van der Waals surface area contributed by atoms with E-state index in [9.17, 15) is 4.79 Å². The molecular weight excluding hydrogens is 647 g/mol. The van der Waals surface area contributed by atoms with Gasteiger partial charge in [-0.05, 0) is 69.5 Å². The van der Waals surface area contributed by atoms with Gasteiger partial charge in [0.1, 0.15) is 18.1 Å². The first-order valence-corrected chi connectivity index (χ1v) is 17.0. The number of likely N-dealkylation sites (N-methyl/N-ethyl adjacent to an activating group) is 1. The molecule has 0 amide bonds. The number of methoxy groups -OCH3 is 1. The minimum atomic E-state index is -0.412. The fourth-order valence-electron chi connectivity index (χ4n) is 7.59. The maximum absolute atomic E-state index is 16.2. The number of nitrogen functional groups attached to an aromatic ring is 1. The molecule has 0 radical (unpaired) electrons. The van der Waals surface area contributed by atoms with Gasteiger partial charge in [-0.15, -0.1) is 12.4 Å². The largest absolute Gasteiger partial charge is 0.487 e. The molecule has 3 aromatic heterocycles. The average Bonchev–Trinajstić information content (AvgIpc) is 3.11. The fraction of sp³-hybridized carbons (Fsp3) is 0.472. The number of rotatable bonds is 9. The Morgan fingerprint density at radius 3 is 2.69 bits per heavy atom. The molecule has 2 unspecified atom stereocenters. The maximum atomic E-state index is 16.2. The normalized spacial score (nSPS) is 20.6. The molecule has 262 valence electrons. The Morgan fingerprint density at radius 1 is 1.10 bits per heavy atom. The molecule has 6 heterocycles. The van der Waals surface area contributed by atoms with E-state index in [2.05, 4.69) is 41.5 Å². The summed E-state index contributed by atoms with van der Waals surface area (Å²) in [5.74, 6) is 1.10. The summed E-state index contributed by atoms with van der Waals surface area (Å²) in [5, 5.41) is 3.71. The number of piperidine rings is 2. The standard InChI is InChI=1S/C36H45FN8O3.ClH/c1-23-22-48-36-33-29(15-30(37)34(36)43-13-4-6-26(20-43)39-2)35(46)25(19-45(23)33)18-44(17-24-10-11-40-32(14-24)47-3)28-7-5-12-42(21-28)27-8-9-31(38)41-16-27;/h8-11,14-16,19,23,26,28,39H,4-7,12-13,17-18,20-22H2,1-3H3,(H2,38,41);1H/t23?,26?,28-;/m0./s1. The highest BCUT2D eigenvalue weighted by atomic mass is 35.5. The first-order chi connectivity index (χ1) is 23.3. The van der Waals surface area contributed by atoms with Crippen molar-refractivity contribution >= 4 is 40.5 Å². The van der Waals surface area contributed by atoms with Crippen molar-refractivity contribution in [3.63, 3.8) is 0 Å². The third-order valence-corrected chi connectivity index (χ3v) is 10.2. The quantitative estimate of drug-likeness (QED) is 0.255. The number of nitrogens with two attached hydrogens (primary N) is 1. The molecule has 3 N–H and O–H groups in total. The highest BCUT2D eigenvalue weighted by Crippen LogP contribution is 2.42. The molecule has 3 atom stereocenters. The lowest BCUT2D eigenvalue weighted by Crippen LogP contribution is -2.48. The number of aromatic nitrogens is 3. The van der Waals surface area contributed by atoms with Crippen molar-refractivity contribution in [3.8, 4) is 11.6 Å². The Morgan fingerprint density at radius 2 is 1.92 bits per heavy atom. The smallest absolute Gasteiger partial charge is 0.213 e. The topological polar surface area (TPSA) is 114 Å². The number of hydrogen-bond donors (Lipinski definition) is 2. The number of hydrogen-bond acceptors (Lipinski definition) is 10. The van der Waals surface area contributed by atoms with Crippen molar-refractivity contribution in [2.45, 2.75) is 63.8 Å². The Kier molecular flexibility index (Phi) is 10.5. The minimum Gasteiger partial charge on any atom is -0.487 e. The van der Waals surface area contributed by atoms with Crippen LogP contribution in [-0.4, -0.2) is 78.5 Å². The van der Waals surface area contributed by atoms with E-state index >= 15 is 4.39 Å². The highest BCUT2D eigenvalue weighted by Gasteiger charge is 2.32. The molecular formula is C36H46ClFN8O3. The van der Waals surface area contributed by atoms with Gasteiger partial charge in [-0.3, -0.25) is 9.69 Å². The second-order valence-corrected chi connectivity index (χ2v) is 13.4. The van der Waals surface area contributed by atoms with E-state index in [-0.39, 0.29) is 36.0 Å². The molecule has 3 aliphatic heterocycles. The van der Waals surface area contributed by atoms with E-state index in [1.54, 1.807) is 13.3 Å². The van der Waals surface area contributed by atoms with Crippen LogP contribution in [0.2, 0.25) is 0 Å². The molecule has 2 saturated heterocycles. The number of pyridine rings is 3. The zero-order valence-electron chi connectivity index (χ0n) is 28.4. The molecule has 1 aromatic carbocycles. The SMILES string of the molecule is CNC1CCCN(c2c(F)cc3c(=O)c(CN(Cc4ccnc(OC)c4)[C@H]4CCCN(c5ccc(N)nc5)C4)cn4c3c2OCC4C)C1.Cl. The number of nitrogens with one attached hydrogen (secondary N) is 1. The molecule has 2 fully saturated rings. The van der Waals surface area contributed by atoms with Gasteiger partial charge in [0, 0.05) is 75.4 Å². The molecule has 0 bridgehead atoms. The average molecular weight is 693 g/mol. The van der Waals surface area contributed by atoms with Crippen LogP contribution in [0, 0.1) is 5.82 Å². The Hall–Kier alpha value is -4.13. The zero-order valence-corrected chi connectivity index (χ0v) is 29.2. The second-order valence-electron chi connectivity index (χ2n) is 13.4. The highest BCUT2D eigenvalue weighted by molar-refractivity contribution is 5.92. The summed E-state index contributed by atoms with van der Waals surface area (Å²) in [6.45, 7) is 6.59. The van der Waals surface area contributed by atoms with Crippen molar-refractivity contribution in [1.82, 2.24) is 24.8 Å². The van der Waals surface area contributed by atoms with Gasteiger partial charge in [0.25, 0.3) is 0 Å². The fourth-order valence-corrected chi connectivity index (χ4v) is 7.59. The number of ether oxygens (including phenoxy) is 2. The lowest BCUT2D eigenvalue weighted by Gasteiger charge is -2.40. The summed E-state index contributed by atoms with van der Waals surface area (Å²) in [7, 11) is 3.56. The van der Waals surface area contributed by atoms with Crippen LogP contribution in [0.25, 0.3) is 10.9 Å². The Bertz CT molecular complexity index is 1840. The van der Waals surface area contributed by atoms with Crippen LogP contribution in [0.15, 0.2) is 53.7 Å². The zero-order chi connectivity index (χ0) is 33.4. The van der Waals surface area contributed by atoms with Gasteiger partial charge in [0.05, 0.1) is 35.9 Å². The van der Waals surface area contributed by atoms with E-state index in [1.807, 2.05) is 43.7 Å². The monoisotopic (exact) mass is 692 g/mol. The van der Waals surface area contributed by atoms with E-state index < -0.39 is 5.82 Å². The van der Waals surface area contributed by atoms with Crippen LogP contribution in [0.1, 0.15) is 49.8 Å². The number of anilines is 3. The van der Waals surface area contributed by atoms with Gasteiger partial charge in [-0.25, -0.2) is 14.4 Å². The van der Waals surface area contributed by atoms with Gasteiger partial charge in [-0.1, -0.05) is 0 Å². The summed E-state index contributed by atoms with van der Waals surface area (Å²) in [6.07, 6.45) is 9.52. The molecule has 49 heavy (non-hydrogen) atoms. The minimum absolute atomic E-state index is 0. The summed E-state index contributed by atoms with van der Waals surface area (Å²) < 4.78 is 30.0. The van der Waals surface area contributed by atoms with E-state index in [4.69, 9.17) is 15.2 Å². The van der Waals surface area contributed by atoms with Crippen LogP contribution >= 0.6 is 12.4 Å². The van der Waals surface area contributed by atoms with Crippen molar-refractivity contribution in [2.24, 2.45) is 0 Å². The van der Waals surface area contributed by atoms with E-state index in [0.717, 1.165) is 56.6 Å².